The molecule has 14 heavy (non-hydrogen) atoms. The summed E-state index contributed by atoms with van der Waals surface area (Å²) in [5.74, 6) is 0.964. The van der Waals surface area contributed by atoms with Crippen molar-refractivity contribution in [2.24, 2.45) is 0 Å². The standard InChI is InChI=1S/C10H11NO2S/c12-10(14)11-6-7-1-2-9-8(5-7)3-4-13-9/h1-2,5H,3-4,6H2,(H2,11,12,14). The number of rotatable bonds is 2. The van der Waals surface area contributed by atoms with Crippen LogP contribution in [-0.2, 0) is 13.0 Å². The highest BCUT2D eigenvalue weighted by molar-refractivity contribution is 7.96. The lowest BCUT2D eigenvalue weighted by Gasteiger charge is -2.04. The number of hydrogen-bond acceptors (Lipinski definition) is 2. The van der Waals surface area contributed by atoms with Gasteiger partial charge in [0, 0.05) is 13.0 Å². The molecular formula is C10H11NO2S. The summed E-state index contributed by atoms with van der Waals surface area (Å²) in [5, 5.41) is 2.33. The Kier molecular flexibility index (Phi) is 2.63. The molecule has 4 heteroatoms. The van der Waals surface area contributed by atoms with Gasteiger partial charge in [-0.1, -0.05) is 24.8 Å². The molecule has 1 N–H and O–H groups in total. The van der Waals surface area contributed by atoms with Crippen molar-refractivity contribution in [2.75, 3.05) is 6.61 Å². The average molecular weight is 209 g/mol. The number of thiol groups is 1. The van der Waals surface area contributed by atoms with Crippen LogP contribution in [0.4, 0.5) is 4.79 Å². The summed E-state index contributed by atoms with van der Waals surface area (Å²) >= 11 is 3.64. The molecule has 1 aromatic carbocycles. The van der Waals surface area contributed by atoms with Crippen LogP contribution in [0.1, 0.15) is 11.1 Å². The molecule has 1 amide bonds. The average Bonchev–Trinajstić information content (AvgIpc) is 2.61. The molecule has 0 radical (unpaired) electrons. The van der Waals surface area contributed by atoms with Crippen molar-refractivity contribution >= 4 is 17.9 Å². The fourth-order valence-corrected chi connectivity index (χ4v) is 1.61. The summed E-state index contributed by atoms with van der Waals surface area (Å²) in [6.45, 7) is 1.29. The highest BCUT2D eigenvalue weighted by Crippen LogP contribution is 2.25. The zero-order valence-corrected chi connectivity index (χ0v) is 8.51. The van der Waals surface area contributed by atoms with Crippen molar-refractivity contribution in [1.82, 2.24) is 5.32 Å². The fraction of sp³-hybridized carbons (Fsp3) is 0.300. The second-order valence-electron chi connectivity index (χ2n) is 3.20. The summed E-state index contributed by atoms with van der Waals surface area (Å²) in [6, 6.07) is 5.96. The van der Waals surface area contributed by atoms with E-state index in [-0.39, 0.29) is 5.24 Å². The SMILES string of the molecule is O=C(S)NCc1ccc2c(c1)CCO2. The summed E-state index contributed by atoms with van der Waals surface area (Å²) in [4.78, 5) is 10.6. The molecule has 0 unspecified atom stereocenters. The van der Waals surface area contributed by atoms with Gasteiger partial charge in [0.05, 0.1) is 6.61 Å². The molecular weight excluding hydrogens is 198 g/mol. The predicted octanol–water partition coefficient (Wildman–Crippen LogP) is 1.76. The molecule has 0 aromatic heterocycles. The van der Waals surface area contributed by atoms with Gasteiger partial charge in [0.25, 0.3) is 5.24 Å². The third kappa shape index (κ3) is 2.01. The molecule has 0 bridgehead atoms. The Morgan fingerprint density at radius 2 is 2.43 bits per heavy atom. The zero-order valence-electron chi connectivity index (χ0n) is 7.62. The lowest BCUT2D eigenvalue weighted by molar-refractivity contribution is 0.260. The lowest BCUT2D eigenvalue weighted by atomic mass is 10.1. The van der Waals surface area contributed by atoms with Crippen molar-refractivity contribution in [1.29, 1.82) is 0 Å². The molecule has 0 spiro atoms. The summed E-state index contributed by atoms with van der Waals surface area (Å²) in [6.07, 6.45) is 0.956. The number of amides is 1. The largest absolute Gasteiger partial charge is 0.493 e. The predicted molar refractivity (Wildman–Crippen MR) is 56.9 cm³/mol. The van der Waals surface area contributed by atoms with E-state index >= 15 is 0 Å². The van der Waals surface area contributed by atoms with E-state index in [9.17, 15) is 4.79 Å². The molecule has 0 aliphatic carbocycles. The van der Waals surface area contributed by atoms with Gasteiger partial charge in [0.15, 0.2) is 0 Å². The third-order valence-electron chi connectivity index (χ3n) is 2.20. The van der Waals surface area contributed by atoms with Gasteiger partial charge in [-0.3, -0.25) is 4.79 Å². The number of ether oxygens (including phenoxy) is 1. The number of nitrogens with one attached hydrogen (secondary N) is 1. The Balaban J connectivity index is 2.09. The summed E-state index contributed by atoms with van der Waals surface area (Å²) in [5.41, 5.74) is 2.30. The van der Waals surface area contributed by atoms with E-state index in [1.54, 1.807) is 0 Å². The van der Waals surface area contributed by atoms with E-state index in [4.69, 9.17) is 4.74 Å². The number of hydrogen-bond donors (Lipinski definition) is 2. The minimum atomic E-state index is -0.304. The van der Waals surface area contributed by atoms with Crippen LogP contribution in [0.3, 0.4) is 0 Å². The molecule has 1 heterocycles. The number of benzene rings is 1. The Hall–Kier alpha value is -1.16. The molecule has 1 aromatic rings. The monoisotopic (exact) mass is 209 g/mol. The quantitative estimate of drug-likeness (QED) is 0.728. The van der Waals surface area contributed by atoms with Crippen LogP contribution in [0.25, 0.3) is 0 Å². The zero-order chi connectivity index (χ0) is 9.97. The fourth-order valence-electron chi connectivity index (χ4n) is 1.53. The van der Waals surface area contributed by atoms with E-state index in [1.165, 1.54) is 5.56 Å². The molecule has 0 saturated carbocycles. The van der Waals surface area contributed by atoms with Gasteiger partial charge in [0.1, 0.15) is 5.75 Å². The number of fused-ring (bicyclic) bond motifs is 1. The highest BCUT2D eigenvalue weighted by Gasteiger charge is 2.11. The molecule has 1 aliphatic rings. The van der Waals surface area contributed by atoms with Crippen LogP contribution in [-0.4, -0.2) is 11.8 Å². The Morgan fingerprint density at radius 3 is 3.21 bits per heavy atom. The Bertz CT molecular complexity index is 365. The van der Waals surface area contributed by atoms with Crippen molar-refractivity contribution in [3.8, 4) is 5.75 Å². The third-order valence-corrected chi connectivity index (χ3v) is 2.36. The van der Waals surface area contributed by atoms with Crippen LogP contribution in [0.2, 0.25) is 0 Å². The minimum Gasteiger partial charge on any atom is -0.493 e. The normalized spacial score (nSPS) is 13.2. The van der Waals surface area contributed by atoms with Gasteiger partial charge in [-0.15, -0.1) is 0 Å². The van der Waals surface area contributed by atoms with Crippen LogP contribution in [0.15, 0.2) is 18.2 Å². The molecule has 74 valence electrons. The molecule has 1 aliphatic heterocycles. The topological polar surface area (TPSA) is 38.3 Å². The van der Waals surface area contributed by atoms with Gasteiger partial charge >= 0.3 is 0 Å². The first-order valence-corrected chi connectivity index (χ1v) is 4.92. The van der Waals surface area contributed by atoms with Crippen molar-refractivity contribution < 1.29 is 9.53 Å². The molecule has 0 fully saturated rings. The van der Waals surface area contributed by atoms with E-state index in [1.807, 2.05) is 12.1 Å². The van der Waals surface area contributed by atoms with Crippen molar-refractivity contribution in [3.63, 3.8) is 0 Å². The van der Waals surface area contributed by atoms with Gasteiger partial charge < -0.3 is 10.1 Å². The van der Waals surface area contributed by atoms with E-state index in [2.05, 4.69) is 24.0 Å². The first-order valence-electron chi connectivity index (χ1n) is 4.47. The van der Waals surface area contributed by atoms with Crippen molar-refractivity contribution in [2.45, 2.75) is 13.0 Å². The molecule has 0 saturated heterocycles. The highest BCUT2D eigenvalue weighted by atomic mass is 32.1. The van der Waals surface area contributed by atoms with Gasteiger partial charge in [-0.05, 0) is 17.2 Å². The lowest BCUT2D eigenvalue weighted by Crippen LogP contribution is -2.15. The van der Waals surface area contributed by atoms with E-state index in [0.717, 1.165) is 24.3 Å². The first-order chi connectivity index (χ1) is 6.75. The number of carbonyl (C=O) groups excluding carboxylic acids is 1. The van der Waals surface area contributed by atoms with Crippen LogP contribution in [0, 0.1) is 0 Å². The molecule has 0 atom stereocenters. The van der Waals surface area contributed by atoms with Gasteiger partial charge in [-0.25, -0.2) is 0 Å². The number of carbonyl (C=O) groups is 1. The maximum absolute atomic E-state index is 10.6. The smallest absolute Gasteiger partial charge is 0.276 e. The molecule has 3 nitrogen and oxygen atoms in total. The van der Waals surface area contributed by atoms with Gasteiger partial charge in [-0.2, -0.15) is 0 Å². The van der Waals surface area contributed by atoms with E-state index in [0.29, 0.717) is 6.54 Å². The van der Waals surface area contributed by atoms with Crippen molar-refractivity contribution in [3.05, 3.63) is 29.3 Å². The summed E-state index contributed by atoms with van der Waals surface area (Å²) in [7, 11) is 0. The maximum atomic E-state index is 10.6. The van der Waals surface area contributed by atoms with Gasteiger partial charge in [0.2, 0.25) is 0 Å². The van der Waals surface area contributed by atoms with Crippen LogP contribution < -0.4 is 10.1 Å². The Morgan fingerprint density at radius 1 is 1.57 bits per heavy atom. The van der Waals surface area contributed by atoms with Crippen LogP contribution >= 0.6 is 12.6 Å². The maximum Gasteiger partial charge on any atom is 0.276 e. The second-order valence-corrected chi connectivity index (χ2v) is 3.61. The Labute approximate surface area is 87.9 Å². The molecule has 2 rings (SSSR count). The second kappa shape index (κ2) is 3.92. The van der Waals surface area contributed by atoms with E-state index < -0.39 is 0 Å². The summed E-state index contributed by atoms with van der Waals surface area (Å²) < 4.78 is 5.38. The minimum absolute atomic E-state index is 0.304. The first kappa shape index (κ1) is 9.40. The van der Waals surface area contributed by atoms with Crippen LogP contribution in [0.5, 0.6) is 5.75 Å².